The average molecular weight is 537 g/mol. The Bertz CT molecular complexity index is 1100. The molecule has 0 unspecified atom stereocenters. The third-order valence-electron chi connectivity index (χ3n) is 5.11. The topological polar surface area (TPSA) is 80.3 Å². The van der Waals surface area contributed by atoms with Gasteiger partial charge in [-0.1, -0.05) is 26.3 Å². The molecule has 0 aliphatic heterocycles. The smallest absolute Gasteiger partial charge is 0.342 e. The third-order valence-corrected chi connectivity index (χ3v) is 5.11. The fourth-order valence-electron chi connectivity index (χ4n) is 3.08. The molecule has 0 bridgehead atoms. The summed E-state index contributed by atoms with van der Waals surface area (Å²) >= 11 is 0. The summed E-state index contributed by atoms with van der Waals surface area (Å²) in [5, 5.41) is 0. The molecule has 0 heterocycles. The highest BCUT2D eigenvalue weighted by Gasteiger charge is 2.14. The van der Waals surface area contributed by atoms with Crippen LogP contribution in [0.25, 0.3) is 0 Å². The Morgan fingerprint density at radius 3 is 2.26 bits per heavy atom. The zero-order valence-corrected chi connectivity index (χ0v) is 23.5. The number of allylic oxidation sites excluding steroid dienone is 4. The lowest BCUT2D eigenvalue weighted by molar-refractivity contribution is -0.134. The molecular weight excluding hydrogens is 496 g/mol. The van der Waals surface area contributed by atoms with E-state index in [1.54, 1.807) is 69.3 Å². The highest BCUT2D eigenvalue weighted by atomic mass is 16.5. The Labute approximate surface area is 232 Å². The first-order valence-corrected chi connectivity index (χ1v) is 12.7. The molecule has 1 atom stereocenters. The third kappa shape index (κ3) is 13.2. The van der Waals surface area contributed by atoms with Crippen molar-refractivity contribution < 1.29 is 33.3 Å². The van der Waals surface area contributed by atoms with E-state index in [4.69, 9.17) is 23.7 Å². The molecule has 7 nitrogen and oxygen atoms in total. The number of hydrogen-bond donors (Lipinski definition) is 0. The van der Waals surface area contributed by atoms with E-state index in [9.17, 15) is 9.59 Å². The van der Waals surface area contributed by atoms with Crippen LogP contribution in [0.15, 0.2) is 109 Å². The first-order chi connectivity index (χ1) is 18.6. The number of hydrogen-bond acceptors (Lipinski definition) is 7. The normalized spacial score (nSPS) is 12.3. The Kier molecular flexibility index (Phi) is 15.2. The predicted octanol–water partition coefficient (Wildman–Crippen LogP) is 7.16. The summed E-state index contributed by atoms with van der Waals surface area (Å²) in [5.41, 5.74) is 1.16. The van der Waals surface area contributed by atoms with Gasteiger partial charge in [0.15, 0.2) is 0 Å². The number of benzene rings is 1. The van der Waals surface area contributed by atoms with Gasteiger partial charge < -0.3 is 23.7 Å². The fraction of sp³-hybridized carbons (Fsp3) is 0.312. The van der Waals surface area contributed by atoms with Gasteiger partial charge in [-0.3, -0.25) is 0 Å². The molecule has 0 saturated carbocycles. The summed E-state index contributed by atoms with van der Waals surface area (Å²) in [7, 11) is 0. The van der Waals surface area contributed by atoms with Crippen LogP contribution < -0.4 is 4.74 Å². The summed E-state index contributed by atoms with van der Waals surface area (Å²) in [5.74, 6) is 0.865. The molecule has 1 aromatic carbocycles. The number of carbonyl (C=O) groups is 2. The van der Waals surface area contributed by atoms with Gasteiger partial charge >= 0.3 is 11.9 Å². The molecule has 0 saturated heterocycles. The standard InChI is InChI=1S/C32H40O7/c1-9-25(6)36-20-12-13-21-37-29-18-16-28(17-19-29)32(34)38-27(8)22-24(5)30(10-2)39-31(33)23(4)14-15-26(7)35-11-3/h9-10,14-19,22,27H,1,4,6-7,11-13,20-21H2,2-3,5,8H3/b15-14-,24-22-,30-10+/t27-/m1/s1. The second-order valence-electron chi connectivity index (χ2n) is 8.36. The SMILES string of the molecule is C=CC(=C)OCCCCOc1ccc(C(=O)O[C@H](C)/C=C(C)\C(=C/C)OC(=O)C(=C)/C=C\C(=C)OCC)cc1. The number of unbranched alkanes of at least 4 members (excludes halogenated alkanes) is 1. The highest BCUT2D eigenvalue weighted by Crippen LogP contribution is 2.18. The average Bonchev–Trinajstić information content (AvgIpc) is 2.92. The largest absolute Gasteiger partial charge is 0.495 e. The van der Waals surface area contributed by atoms with Crippen molar-refractivity contribution in [3.05, 3.63) is 115 Å². The fourth-order valence-corrected chi connectivity index (χ4v) is 3.08. The van der Waals surface area contributed by atoms with Gasteiger partial charge in [-0.2, -0.15) is 0 Å². The van der Waals surface area contributed by atoms with E-state index in [-0.39, 0.29) is 5.57 Å². The van der Waals surface area contributed by atoms with Crippen LogP contribution in [0, 0.1) is 0 Å². The molecule has 7 heteroatoms. The van der Waals surface area contributed by atoms with Crippen molar-refractivity contribution in [2.24, 2.45) is 0 Å². The first-order valence-electron chi connectivity index (χ1n) is 12.7. The summed E-state index contributed by atoms with van der Waals surface area (Å²) in [6.45, 7) is 23.3. The first kappa shape index (κ1) is 32.8. The molecule has 1 rings (SSSR count). The zero-order valence-electron chi connectivity index (χ0n) is 23.5. The maximum atomic E-state index is 12.6. The van der Waals surface area contributed by atoms with E-state index >= 15 is 0 Å². The van der Waals surface area contributed by atoms with Gasteiger partial charge in [-0.15, -0.1) is 0 Å². The number of ether oxygens (including phenoxy) is 5. The number of esters is 2. The molecule has 39 heavy (non-hydrogen) atoms. The van der Waals surface area contributed by atoms with Crippen molar-refractivity contribution in [2.75, 3.05) is 19.8 Å². The lowest BCUT2D eigenvalue weighted by atomic mass is 10.1. The van der Waals surface area contributed by atoms with Crippen LogP contribution in [-0.2, 0) is 23.7 Å². The molecule has 0 aromatic heterocycles. The van der Waals surface area contributed by atoms with Gasteiger partial charge in [0.1, 0.15) is 29.1 Å². The van der Waals surface area contributed by atoms with Crippen molar-refractivity contribution >= 4 is 11.9 Å². The lowest BCUT2D eigenvalue weighted by Gasteiger charge is -2.14. The molecule has 210 valence electrons. The number of rotatable bonds is 18. The van der Waals surface area contributed by atoms with E-state index in [2.05, 4.69) is 26.3 Å². The van der Waals surface area contributed by atoms with Gasteiger partial charge in [0.2, 0.25) is 0 Å². The van der Waals surface area contributed by atoms with Crippen LogP contribution in [-0.4, -0.2) is 37.9 Å². The Hall–Kier alpha value is -4.26. The molecule has 0 aliphatic carbocycles. The van der Waals surface area contributed by atoms with Gasteiger partial charge in [0.25, 0.3) is 0 Å². The maximum Gasteiger partial charge on any atom is 0.342 e. The van der Waals surface area contributed by atoms with Crippen LogP contribution in [0.1, 0.15) is 50.9 Å². The van der Waals surface area contributed by atoms with Crippen molar-refractivity contribution in [1.82, 2.24) is 0 Å². The number of carbonyl (C=O) groups excluding carboxylic acids is 2. The van der Waals surface area contributed by atoms with E-state index in [0.29, 0.717) is 54.0 Å². The molecule has 1 aromatic rings. The zero-order chi connectivity index (χ0) is 29.2. The van der Waals surface area contributed by atoms with Gasteiger partial charge in [0.05, 0.1) is 31.0 Å². The van der Waals surface area contributed by atoms with Crippen molar-refractivity contribution in [3.63, 3.8) is 0 Å². The second kappa shape index (κ2) is 18.1. The minimum atomic E-state index is -0.615. The van der Waals surface area contributed by atoms with Crippen LogP contribution in [0.2, 0.25) is 0 Å². The van der Waals surface area contributed by atoms with Gasteiger partial charge in [-0.25, -0.2) is 9.59 Å². The van der Waals surface area contributed by atoms with Crippen LogP contribution in [0.3, 0.4) is 0 Å². The van der Waals surface area contributed by atoms with E-state index in [0.717, 1.165) is 12.8 Å². The molecular formula is C32H40O7. The predicted molar refractivity (Wildman–Crippen MR) is 154 cm³/mol. The highest BCUT2D eigenvalue weighted by molar-refractivity contribution is 5.92. The molecule has 0 fully saturated rings. The Balaban J connectivity index is 2.58. The van der Waals surface area contributed by atoms with Gasteiger partial charge in [-0.05, 0) is 101 Å². The van der Waals surface area contributed by atoms with E-state index in [1.165, 1.54) is 6.08 Å². The minimum Gasteiger partial charge on any atom is -0.495 e. The molecule has 0 aliphatic rings. The molecule has 0 spiro atoms. The molecule has 0 N–H and O–H groups in total. The summed E-state index contributed by atoms with van der Waals surface area (Å²) in [6.07, 6.45) is 9.01. The van der Waals surface area contributed by atoms with Crippen LogP contribution in [0.4, 0.5) is 0 Å². The lowest BCUT2D eigenvalue weighted by Crippen LogP contribution is -2.14. The van der Waals surface area contributed by atoms with Crippen molar-refractivity contribution in [3.8, 4) is 5.75 Å². The summed E-state index contributed by atoms with van der Waals surface area (Å²) < 4.78 is 27.2. The molecule has 0 radical (unpaired) electrons. The second-order valence-corrected chi connectivity index (χ2v) is 8.36. The maximum absolute atomic E-state index is 12.6. The Morgan fingerprint density at radius 2 is 1.64 bits per heavy atom. The van der Waals surface area contributed by atoms with Crippen LogP contribution in [0.5, 0.6) is 5.75 Å². The monoisotopic (exact) mass is 536 g/mol. The van der Waals surface area contributed by atoms with E-state index < -0.39 is 18.0 Å². The van der Waals surface area contributed by atoms with Crippen molar-refractivity contribution in [2.45, 2.75) is 46.6 Å². The Morgan fingerprint density at radius 1 is 0.974 bits per heavy atom. The molecule has 0 amide bonds. The van der Waals surface area contributed by atoms with Gasteiger partial charge in [0, 0.05) is 0 Å². The summed E-state index contributed by atoms with van der Waals surface area (Å²) in [4.78, 5) is 25.0. The quantitative estimate of drug-likeness (QED) is 0.0647. The minimum absolute atomic E-state index is 0.138. The summed E-state index contributed by atoms with van der Waals surface area (Å²) in [6, 6.07) is 6.74. The van der Waals surface area contributed by atoms with Crippen molar-refractivity contribution in [1.29, 1.82) is 0 Å². The van der Waals surface area contributed by atoms with E-state index in [1.807, 2.05) is 6.92 Å². The van der Waals surface area contributed by atoms with Crippen LogP contribution >= 0.6 is 0 Å².